The Labute approximate surface area is 181 Å². The number of hydrogen-bond acceptors (Lipinski definition) is 2. The lowest BCUT2D eigenvalue weighted by Crippen LogP contribution is -2.01. The molecule has 0 aliphatic heterocycles. The number of carboxylic acids is 1. The first-order chi connectivity index (χ1) is 14.5. The lowest BCUT2D eigenvalue weighted by Gasteiger charge is -2.07. The maximum Gasteiger partial charge on any atom is 0.336 e. The van der Waals surface area contributed by atoms with E-state index < -0.39 is 5.97 Å². The summed E-state index contributed by atoms with van der Waals surface area (Å²) in [5.41, 5.74) is 5.57. The summed E-state index contributed by atoms with van der Waals surface area (Å²) in [5, 5.41) is 10.3. The number of aliphatic carboxylic acids is 1. The minimum Gasteiger partial charge on any atom is -0.478 e. The van der Waals surface area contributed by atoms with Gasteiger partial charge in [-0.2, -0.15) is 0 Å². The summed E-state index contributed by atoms with van der Waals surface area (Å²) in [7, 11) is 0. The van der Waals surface area contributed by atoms with Gasteiger partial charge in [0.05, 0.1) is 11.3 Å². The van der Waals surface area contributed by atoms with Gasteiger partial charge in [0.1, 0.15) is 0 Å². The molecule has 0 aliphatic carbocycles. The number of aryl methyl sites for hydroxylation is 2. The molecule has 4 heteroatoms. The first-order valence-electron chi connectivity index (χ1n) is 9.55. The SMILES string of the molecule is C=Cc1ccc(CCc2ccc(/C(=C\c3ccc(Cl)cc3)C(=O)O)cc2)nc1C=C. The van der Waals surface area contributed by atoms with Gasteiger partial charge in [-0.1, -0.05) is 73.3 Å². The number of halogens is 1. The summed E-state index contributed by atoms with van der Waals surface area (Å²) in [6.45, 7) is 7.59. The van der Waals surface area contributed by atoms with Crippen LogP contribution in [0.25, 0.3) is 23.8 Å². The first-order valence-corrected chi connectivity index (χ1v) is 9.92. The molecule has 3 rings (SSSR count). The standard InChI is InChI=1S/C26H22ClNO2/c1-3-20-12-16-23(28-25(20)4-2)15-9-18-5-10-21(11-6-18)24(26(29)30)17-19-7-13-22(27)14-8-19/h3-8,10-14,16-17H,1-2,9,15H2,(H,29,30)/b24-17+. The van der Waals surface area contributed by atoms with E-state index in [9.17, 15) is 9.90 Å². The second-order valence-electron chi connectivity index (χ2n) is 6.80. The van der Waals surface area contributed by atoms with E-state index in [2.05, 4.69) is 18.1 Å². The zero-order valence-corrected chi connectivity index (χ0v) is 17.3. The summed E-state index contributed by atoms with van der Waals surface area (Å²) < 4.78 is 0. The molecule has 1 aromatic heterocycles. The van der Waals surface area contributed by atoms with Crippen LogP contribution in [0.4, 0.5) is 0 Å². The fourth-order valence-electron chi connectivity index (χ4n) is 3.12. The van der Waals surface area contributed by atoms with Crippen molar-refractivity contribution in [3.63, 3.8) is 0 Å². The summed E-state index contributed by atoms with van der Waals surface area (Å²) in [4.78, 5) is 16.4. The molecule has 0 spiro atoms. The van der Waals surface area contributed by atoms with Crippen LogP contribution in [0.3, 0.4) is 0 Å². The Morgan fingerprint density at radius 2 is 1.63 bits per heavy atom. The highest BCUT2D eigenvalue weighted by atomic mass is 35.5. The van der Waals surface area contributed by atoms with Gasteiger partial charge in [-0.15, -0.1) is 0 Å². The highest BCUT2D eigenvalue weighted by Crippen LogP contribution is 2.21. The van der Waals surface area contributed by atoms with Crippen molar-refractivity contribution in [2.24, 2.45) is 0 Å². The number of benzene rings is 2. The number of nitrogens with zero attached hydrogens (tertiary/aromatic N) is 1. The Bertz CT molecular complexity index is 1100. The van der Waals surface area contributed by atoms with E-state index in [-0.39, 0.29) is 5.57 Å². The summed E-state index contributed by atoms with van der Waals surface area (Å²) in [6.07, 6.45) is 6.74. The van der Waals surface area contributed by atoms with Crippen molar-refractivity contribution in [1.82, 2.24) is 4.98 Å². The van der Waals surface area contributed by atoms with Crippen LogP contribution in [0.15, 0.2) is 73.8 Å². The fourth-order valence-corrected chi connectivity index (χ4v) is 3.25. The maximum absolute atomic E-state index is 11.8. The van der Waals surface area contributed by atoms with Crippen molar-refractivity contribution in [1.29, 1.82) is 0 Å². The van der Waals surface area contributed by atoms with Gasteiger partial charge >= 0.3 is 5.97 Å². The number of hydrogen-bond donors (Lipinski definition) is 1. The quantitative estimate of drug-likeness (QED) is 0.340. The van der Waals surface area contributed by atoms with Crippen LogP contribution in [0.1, 0.15) is 33.6 Å². The molecule has 0 aliphatic rings. The molecular formula is C26H22ClNO2. The molecular weight excluding hydrogens is 394 g/mol. The Morgan fingerprint density at radius 1 is 0.933 bits per heavy atom. The number of aromatic nitrogens is 1. The van der Waals surface area contributed by atoms with E-state index in [1.54, 1.807) is 42.5 Å². The molecule has 0 radical (unpaired) electrons. The van der Waals surface area contributed by atoms with Gasteiger partial charge in [0.25, 0.3) is 0 Å². The molecule has 0 unspecified atom stereocenters. The fraction of sp³-hybridized carbons (Fsp3) is 0.0769. The third-order valence-electron chi connectivity index (χ3n) is 4.77. The average Bonchev–Trinajstić information content (AvgIpc) is 2.77. The number of carbonyl (C=O) groups is 1. The molecule has 1 heterocycles. The van der Waals surface area contributed by atoms with Gasteiger partial charge < -0.3 is 5.11 Å². The van der Waals surface area contributed by atoms with Gasteiger partial charge in [0.2, 0.25) is 0 Å². The monoisotopic (exact) mass is 415 g/mol. The van der Waals surface area contributed by atoms with Crippen LogP contribution in [0.5, 0.6) is 0 Å². The predicted octanol–water partition coefficient (Wildman–Crippen LogP) is 6.43. The Balaban J connectivity index is 1.74. The molecule has 0 fully saturated rings. The lowest BCUT2D eigenvalue weighted by molar-refractivity contribution is -0.130. The smallest absolute Gasteiger partial charge is 0.336 e. The van der Waals surface area contributed by atoms with E-state index in [0.717, 1.165) is 40.9 Å². The van der Waals surface area contributed by atoms with E-state index in [1.165, 1.54) is 0 Å². The normalized spacial score (nSPS) is 11.2. The van der Waals surface area contributed by atoms with Gasteiger partial charge in [0.15, 0.2) is 0 Å². The van der Waals surface area contributed by atoms with Crippen LogP contribution in [-0.2, 0) is 17.6 Å². The van der Waals surface area contributed by atoms with Crippen molar-refractivity contribution in [2.45, 2.75) is 12.8 Å². The van der Waals surface area contributed by atoms with Gasteiger partial charge in [0, 0.05) is 10.7 Å². The van der Waals surface area contributed by atoms with Gasteiger partial charge in [-0.05, 0) is 65.4 Å². The van der Waals surface area contributed by atoms with Crippen molar-refractivity contribution >= 4 is 41.4 Å². The van der Waals surface area contributed by atoms with Crippen LogP contribution in [0.2, 0.25) is 5.02 Å². The van der Waals surface area contributed by atoms with Crippen molar-refractivity contribution in [2.75, 3.05) is 0 Å². The van der Waals surface area contributed by atoms with Crippen molar-refractivity contribution in [3.8, 4) is 0 Å². The highest BCUT2D eigenvalue weighted by Gasteiger charge is 2.11. The van der Waals surface area contributed by atoms with Crippen molar-refractivity contribution < 1.29 is 9.90 Å². The molecule has 0 atom stereocenters. The van der Waals surface area contributed by atoms with Crippen molar-refractivity contribution in [3.05, 3.63) is 112 Å². The first kappa shape index (κ1) is 21.3. The number of pyridine rings is 1. The third kappa shape index (κ3) is 5.34. The summed E-state index contributed by atoms with van der Waals surface area (Å²) >= 11 is 5.90. The molecule has 0 saturated heterocycles. The van der Waals surface area contributed by atoms with Crippen LogP contribution < -0.4 is 0 Å². The molecule has 3 aromatic rings. The average molecular weight is 416 g/mol. The number of carboxylic acid groups (broad SMARTS) is 1. The lowest BCUT2D eigenvalue weighted by atomic mass is 9.99. The minimum atomic E-state index is -0.971. The van der Waals surface area contributed by atoms with Gasteiger partial charge in [-0.25, -0.2) is 4.79 Å². The van der Waals surface area contributed by atoms with E-state index in [1.807, 2.05) is 36.4 Å². The molecule has 150 valence electrons. The topological polar surface area (TPSA) is 50.2 Å². The molecule has 2 aromatic carbocycles. The number of rotatable bonds is 8. The molecule has 1 N–H and O–H groups in total. The Hall–Kier alpha value is -3.43. The highest BCUT2D eigenvalue weighted by molar-refractivity contribution is 6.30. The zero-order chi connectivity index (χ0) is 21.5. The summed E-state index contributed by atoms with van der Waals surface area (Å²) in [6, 6.07) is 18.7. The van der Waals surface area contributed by atoms with Crippen LogP contribution in [-0.4, -0.2) is 16.1 Å². The zero-order valence-electron chi connectivity index (χ0n) is 16.5. The van der Waals surface area contributed by atoms with Crippen LogP contribution >= 0.6 is 11.6 Å². The van der Waals surface area contributed by atoms with E-state index >= 15 is 0 Å². The molecule has 0 saturated carbocycles. The predicted molar refractivity (Wildman–Crippen MR) is 125 cm³/mol. The second-order valence-corrected chi connectivity index (χ2v) is 7.23. The van der Waals surface area contributed by atoms with E-state index in [0.29, 0.717) is 10.6 Å². The largest absolute Gasteiger partial charge is 0.478 e. The molecule has 0 amide bonds. The molecule has 3 nitrogen and oxygen atoms in total. The Kier molecular flexibility index (Phi) is 6.99. The Morgan fingerprint density at radius 3 is 2.23 bits per heavy atom. The van der Waals surface area contributed by atoms with E-state index in [4.69, 9.17) is 11.6 Å². The minimum absolute atomic E-state index is 0.237. The summed E-state index contributed by atoms with van der Waals surface area (Å²) in [5.74, 6) is -0.971. The third-order valence-corrected chi connectivity index (χ3v) is 5.03. The van der Waals surface area contributed by atoms with Crippen LogP contribution in [0, 0.1) is 0 Å². The second kappa shape index (κ2) is 9.86. The van der Waals surface area contributed by atoms with Gasteiger partial charge in [-0.3, -0.25) is 4.98 Å². The molecule has 30 heavy (non-hydrogen) atoms. The molecule has 0 bridgehead atoms. The maximum atomic E-state index is 11.8.